The average Bonchev–Trinajstić information content (AvgIpc) is 2.68. The Morgan fingerprint density at radius 2 is 1.70 bits per heavy atom. The summed E-state index contributed by atoms with van der Waals surface area (Å²) >= 11 is 0. The summed E-state index contributed by atoms with van der Waals surface area (Å²) in [5, 5.41) is 0. The zero-order valence-electron chi connectivity index (χ0n) is 16.2. The highest BCUT2D eigenvalue weighted by atomic mass is 32.2. The Labute approximate surface area is 172 Å². The molecule has 162 valence electrons. The van der Waals surface area contributed by atoms with Gasteiger partial charge in [0.05, 0.1) is 18.2 Å². The predicted octanol–water partition coefficient (Wildman–Crippen LogP) is 2.36. The fraction of sp³-hybridized carbons (Fsp3) is 0.368. The number of carbonyl (C=O) groups excluding carboxylic acids is 1. The van der Waals surface area contributed by atoms with Crippen molar-refractivity contribution in [3.63, 3.8) is 0 Å². The third kappa shape index (κ3) is 5.85. The van der Waals surface area contributed by atoms with Crippen molar-refractivity contribution < 1.29 is 26.4 Å². The maximum Gasteiger partial charge on any atom is 0.417 e. The molecule has 0 unspecified atom stereocenters. The molecule has 1 aromatic heterocycles. The largest absolute Gasteiger partial charge is 0.417 e. The topological polar surface area (TPSA) is 82.6 Å². The van der Waals surface area contributed by atoms with Crippen molar-refractivity contribution in [2.45, 2.75) is 12.6 Å². The lowest BCUT2D eigenvalue weighted by molar-refractivity contribution is -0.137. The van der Waals surface area contributed by atoms with Gasteiger partial charge in [-0.15, -0.1) is 0 Å². The minimum absolute atomic E-state index is 0.0705. The van der Waals surface area contributed by atoms with Crippen LogP contribution in [0.5, 0.6) is 0 Å². The summed E-state index contributed by atoms with van der Waals surface area (Å²) in [7, 11) is -3.36. The number of amides is 1. The van der Waals surface area contributed by atoms with E-state index in [-0.39, 0.29) is 12.3 Å². The Morgan fingerprint density at radius 3 is 2.20 bits per heavy atom. The van der Waals surface area contributed by atoms with Crippen LogP contribution < -0.4 is 9.62 Å². The van der Waals surface area contributed by atoms with Gasteiger partial charge in [-0.1, -0.05) is 12.1 Å². The van der Waals surface area contributed by atoms with Crippen molar-refractivity contribution >= 4 is 27.4 Å². The smallest absolute Gasteiger partial charge is 0.353 e. The summed E-state index contributed by atoms with van der Waals surface area (Å²) < 4.78 is 62.8. The molecule has 1 amide bonds. The van der Waals surface area contributed by atoms with Crippen LogP contribution in [0.1, 0.15) is 11.1 Å². The molecule has 0 saturated carbocycles. The molecule has 0 atom stereocenters. The molecule has 1 aliphatic rings. The summed E-state index contributed by atoms with van der Waals surface area (Å²) in [5.74, 6) is 0.378. The number of piperazine rings is 1. The molecule has 11 heteroatoms. The normalized spacial score (nSPS) is 15.2. The Balaban J connectivity index is 1.53. The van der Waals surface area contributed by atoms with E-state index in [1.54, 1.807) is 29.2 Å². The molecule has 0 bridgehead atoms. The van der Waals surface area contributed by atoms with Crippen LogP contribution >= 0.6 is 0 Å². The van der Waals surface area contributed by atoms with E-state index in [0.717, 1.165) is 24.1 Å². The van der Waals surface area contributed by atoms with Gasteiger partial charge in [-0.05, 0) is 29.8 Å². The molecule has 3 rings (SSSR count). The maximum absolute atomic E-state index is 12.6. The van der Waals surface area contributed by atoms with E-state index in [1.165, 1.54) is 6.07 Å². The number of rotatable bonds is 5. The molecular formula is C19H21F3N4O3S. The van der Waals surface area contributed by atoms with E-state index >= 15 is 0 Å². The Bertz CT molecular complexity index is 985. The molecule has 2 aromatic rings. The average molecular weight is 442 g/mol. The molecule has 0 radical (unpaired) electrons. The number of hydrogen-bond donors (Lipinski definition) is 1. The molecule has 2 heterocycles. The van der Waals surface area contributed by atoms with Crippen LogP contribution in [-0.2, 0) is 27.4 Å². The molecule has 30 heavy (non-hydrogen) atoms. The number of hydrogen-bond acceptors (Lipinski definition) is 5. The number of aromatic nitrogens is 1. The molecular weight excluding hydrogens is 421 g/mol. The van der Waals surface area contributed by atoms with Gasteiger partial charge in [-0.25, -0.2) is 13.4 Å². The first kappa shape index (κ1) is 21.9. The summed E-state index contributed by atoms with van der Waals surface area (Å²) in [6, 6.07) is 8.91. The summed E-state index contributed by atoms with van der Waals surface area (Å²) in [5.41, 5.74) is 0.384. The highest BCUT2D eigenvalue weighted by molar-refractivity contribution is 7.92. The molecule has 1 saturated heterocycles. The number of benzene rings is 1. The zero-order valence-corrected chi connectivity index (χ0v) is 17.0. The number of pyridine rings is 1. The number of nitrogens with one attached hydrogen (secondary N) is 1. The number of nitrogens with zero attached hydrogens (tertiary/aromatic N) is 3. The lowest BCUT2D eigenvalue weighted by Gasteiger charge is -2.35. The van der Waals surface area contributed by atoms with Crippen molar-refractivity contribution in [2.75, 3.05) is 42.1 Å². The summed E-state index contributed by atoms with van der Waals surface area (Å²) in [6.07, 6.45) is -2.37. The van der Waals surface area contributed by atoms with Crippen LogP contribution in [0, 0.1) is 0 Å². The minimum atomic E-state index is -4.42. The lowest BCUT2D eigenvalue weighted by atomic mass is 10.1. The Morgan fingerprint density at radius 1 is 1.07 bits per heavy atom. The third-order valence-corrected chi connectivity index (χ3v) is 5.25. The number of alkyl halides is 3. The lowest BCUT2D eigenvalue weighted by Crippen LogP contribution is -2.49. The number of anilines is 2. The molecule has 1 aromatic carbocycles. The predicted molar refractivity (Wildman–Crippen MR) is 107 cm³/mol. The Hall–Kier alpha value is -2.82. The second kappa shape index (κ2) is 8.50. The molecule has 0 aliphatic carbocycles. The van der Waals surface area contributed by atoms with Crippen LogP contribution in [-0.4, -0.2) is 56.6 Å². The second-order valence-corrected chi connectivity index (χ2v) is 8.77. The zero-order chi connectivity index (χ0) is 21.9. The second-order valence-electron chi connectivity index (χ2n) is 7.02. The summed E-state index contributed by atoms with van der Waals surface area (Å²) in [4.78, 5) is 20.0. The van der Waals surface area contributed by atoms with Crippen molar-refractivity contribution in [1.82, 2.24) is 9.88 Å². The molecule has 1 aliphatic heterocycles. The number of sulfonamides is 1. The van der Waals surface area contributed by atoms with Gasteiger partial charge in [-0.3, -0.25) is 9.52 Å². The van der Waals surface area contributed by atoms with Crippen LogP contribution in [0.15, 0.2) is 42.6 Å². The van der Waals surface area contributed by atoms with Gasteiger partial charge < -0.3 is 9.80 Å². The fourth-order valence-corrected chi connectivity index (χ4v) is 3.68. The van der Waals surface area contributed by atoms with E-state index in [1.807, 2.05) is 4.90 Å². The standard InChI is InChI=1S/C19H21F3N4O3S/c1-30(28,29)24-16-5-2-14(3-6-16)12-18(27)26-10-8-25(9-11-26)17-7-4-15(13-23-17)19(20,21)22/h2-7,13,24H,8-12H2,1H3. The van der Waals surface area contributed by atoms with E-state index in [2.05, 4.69) is 9.71 Å². The molecule has 0 spiro atoms. The monoisotopic (exact) mass is 442 g/mol. The first-order valence-electron chi connectivity index (χ1n) is 9.14. The van der Waals surface area contributed by atoms with E-state index in [9.17, 15) is 26.4 Å². The van der Waals surface area contributed by atoms with Crippen LogP contribution in [0.25, 0.3) is 0 Å². The van der Waals surface area contributed by atoms with Gasteiger partial charge in [0.2, 0.25) is 15.9 Å². The SMILES string of the molecule is CS(=O)(=O)Nc1ccc(CC(=O)N2CCN(c3ccc(C(F)(F)F)cn3)CC2)cc1. The number of carbonyl (C=O) groups is 1. The first-order valence-corrected chi connectivity index (χ1v) is 11.0. The Kier molecular flexibility index (Phi) is 6.20. The quantitative estimate of drug-likeness (QED) is 0.769. The number of halogens is 3. The van der Waals surface area contributed by atoms with E-state index < -0.39 is 21.8 Å². The van der Waals surface area contributed by atoms with Crippen LogP contribution in [0.2, 0.25) is 0 Å². The molecule has 1 fully saturated rings. The maximum atomic E-state index is 12.6. The van der Waals surface area contributed by atoms with Crippen molar-refractivity contribution in [1.29, 1.82) is 0 Å². The third-order valence-electron chi connectivity index (χ3n) is 4.64. The van der Waals surface area contributed by atoms with E-state index in [0.29, 0.717) is 37.7 Å². The van der Waals surface area contributed by atoms with Gasteiger partial charge in [0.1, 0.15) is 5.82 Å². The molecule has 1 N–H and O–H groups in total. The van der Waals surface area contributed by atoms with Crippen molar-refractivity contribution in [2.24, 2.45) is 0 Å². The van der Waals surface area contributed by atoms with Gasteiger partial charge in [0, 0.05) is 38.1 Å². The van der Waals surface area contributed by atoms with Gasteiger partial charge in [-0.2, -0.15) is 13.2 Å². The van der Waals surface area contributed by atoms with E-state index in [4.69, 9.17) is 0 Å². The van der Waals surface area contributed by atoms with Crippen LogP contribution in [0.3, 0.4) is 0 Å². The highest BCUT2D eigenvalue weighted by Gasteiger charge is 2.31. The minimum Gasteiger partial charge on any atom is -0.353 e. The summed E-state index contributed by atoms with van der Waals surface area (Å²) in [6.45, 7) is 1.83. The highest BCUT2D eigenvalue weighted by Crippen LogP contribution is 2.29. The van der Waals surface area contributed by atoms with Gasteiger partial charge in [0.25, 0.3) is 0 Å². The van der Waals surface area contributed by atoms with Crippen LogP contribution in [0.4, 0.5) is 24.7 Å². The van der Waals surface area contributed by atoms with Gasteiger partial charge in [0.15, 0.2) is 0 Å². The van der Waals surface area contributed by atoms with Crippen molar-refractivity contribution in [3.05, 3.63) is 53.7 Å². The van der Waals surface area contributed by atoms with Gasteiger partial charge >= 0.3 is 6.18 Å². The van der Waals surface area contributed by atoms with Crippen molar-refractivity contribution in [3.8, 4) is 0 Å². The molecule has 7 nitrogen and oxygen atoms in total. The first-order chi connectivity index (χ1) is 14.0. The fourth-order valence-electron chi connectivity index (χ4n) is 3.12.